The van der Waals surface area contributed by atoms with Crippen LogP contribution in [0.1, 0.15) is 25.0 Å². The van der Waals surface area contributed by atoms with Gasteiger partial charge in [0.2, 0.25) is 5.91 Å². The molecule has 0 unspecified atom stereocenters. The normalized spacial score (nSPS) is 16.3. The summed E-state index contributed by atoms with van der Waals surface area (Å²) in [5, 5.41) is 0. The van der Waals surface area contributed by atoms with Crippen molar-refractivity contribution in [1.29, 1.82) is 0 Å². The summed E-state index contributed by atoms with van der Waals surface area (Å²) in [6, 6.07) is 9.94. The van der Waals surface area contributed by atoms with Crippen molar-refractivity contribution in [3.63, 3.8) is 0 Å². The Hall–Kier alpha value is -2.54. The van der Waals surface area contributed by atoms with E-state index in [2.05, 4.69) is 4.72 Å². The van der Waals surface area contributed by atoms with Crippen LogP contribution in [0.3, 0.4) is 0 Å². The number of sulfonamides is 1. The van der Waals surface area contributed by atoms with Gasteiger partial charge in [0.15, 0.2) is 0 Å². The van der Waals surface area contributed by atoms with E-state index in [1.54, 1.807) is 48.3 Å². The second-order valence-electron chi connectivity index (χ2n) is 7.57. The Bertz CT molecular complexity index is 1010. The average Bonchev–Trinajstić information content (AvgIpc) is 2.68. The molecule has 27 heavy (non-hydrogen) atoms. The van der Waals surface area contributed by atoms with E-state index in [0.29, 0.717) is 17.1 Å². The zero-order valence-corrected chi connectivity index (χ0v) is 17.0. The van der Waals surface area contributed by atoms with E-state index in [1.165, 1.54) is 0 Å². The van der Waals surface area contributed by atoms with Crippen molar-refractivity contribution >= 4 is 27.3 Å². The van der Waals surface area contributed by atoms with Crippen LogP contribution in [0.2, 0.25) is 0 Å². The maximum atomic E-state index is 12.7. The van der Waals surface area contributed by atoms with Crippen LogP contribution in [-0.2, 0) is 14.8 Å². The van der Waals surface area contributed by atoms with Crippen molar-refractivity contribution in [3.05, 3.63) is 47.5 Å². The van der Waals surface area contributed by atoms with Crippen LogP contribution in [-0.4, -0.2) is 28.0 Å². The molecule has 0 aliphatic carbocycles. The molecule has 1 amide bonds. The summed E-state index contributed by atoms with van der Waals surface area (Å²) in [7, 11) is -2.03. The second-order valence-corrected chi connectivity index (χ2v) is 9.25. The maximum Gasteiger partial charge on any atom is 0.261 e. The number of carbonyl (C=O) groups excluding carboxylic acids is 1. The summed E-state index contributed by atoms with van der Waals surface area (Å²) in [6.07, 6.45) is 0. The van der Waals surface area contributed by atoms with Crippen LogP contribution >= 0.6 is 0 Å². The van der Waals surface area contributed by atoms with Crippen LogP contribution in [0.4, 0.5) is 11.4 Å². The number of rotatable bonds is 3. The van der Waals surface area contributed by atoms with Crippen molar-refractivity contribution < 1.29 is 17.9 Å². The fourth-order valence-electron chi connectivity index (χ4n) is 2.95. The van der Waals surface area contributed by atoms with Crippen LogP contribution in [0.25, 0.3) is 0 Å². The molecule has 6 nitrogen and oxygen atoms in total. The number of nitrogens with zero attached hydrogens (tertiary/aromatic N) is 1. The highest BCUT2D eigenvalue weighted by Gasteiger charge is 2.36. The van der Waals surface area contributed by atoms with Crippen molar-refractivity contribution in [1.82, 2.24) is 0 Å². The molecule has 0 spiro atoms. The van der Waals surface area contributed by atoms with E-state index >= 15 is 0 Å². The molecule has 0 bridgehead atoms. The van der Waals surface area contributed by atoms with Crippen LogP contribution in [0.15, 0.2) is 41.3 Å². The largest absolute Gasteiger partial charge is 0.490 e. The van der Waals surface area contributed by atoms with Gasteiger partial charge in [-0.1, -0.05) is 6.07 Å². The first kappa shape index (κ1) is 19.2. The van der Waals surface area contributed by atoms with E-state index in [-0.39, 0.29) is 17.4 Å². The molecule has 7 heteroatoms. The van der Waals surface area contributed by atoms with Gasteiger partial charge in [0.1, 0.15) is 12.4 Å². The molecule has 144 valence electrons. The van der Waals surface area contributed by atoms with Crippen LogP contribution in [0, 0.1) is 19.3 Å². The zero-order chi connectivity index (χ0) is 20.0. The van der Waals surface area contributed by atoms with E-state index in [9.17, 15) is 13.2 Å². The van der Waals surface area contributed by atoms with Crippen molar-refractivity contribution in [3.8, 4) is 5.75 Å². The van der Waals surface area contributed by atoms with Gasteiger partial charge in [0.05, 0.1) is 21.7 Å². The molecule has 0 radical (unpaired) electrons. The average molecular weight is 388 g/mol. The summed E-state index contributed by atoms with van der Waals surface area (Å²) in [5.74, 6) is 0.418. The van der Waals surface area contributed by atoms with Crippen LogP contribution < -0.4 is 14.4 Å². The highest BCUT2D eigenvalue weighted by atomic mass is 32.2. The number of nitrogens with one attached hydrogen (secondary N) is 1. The Morgan fingerprint density at radius 2 is 1.78 bits per heavy atom. The summed E-state index contributed by atoms with van der Waals surface area (Å²) >= 11 is 0. The van der Waals surface area contributed by atoms with Crippen molar-refractivity contribution in [2.24, 2.45) is 5.41 Å². The number of fused-ring (bicyclic) bond motifs is 1. The predicted octanol–water partition coefficient (Wildman–Crippen LogP) is 3.49. The molecule has 1 aliphatic heterocycles. The molecule has 2 aromatic rings. The van der Waals surface area contributed by atoms with Gasteiger partial charge in [-0.3, -0.25) is 9.52 Å². The Kier molecular flexibility index (Phi) is 4.67. The van der Waals surface area contributed by atoms with Gasteiger partial charge in [0.25, 0.3) is 10.0 Å². The minimum Gasteiger partial charge on any atom is -0.490 e. The van der Waals surface area contributed by atoms with Gasteiger partial charge < -0.3 is 9.64 Å². The number of hydrogen-bond acceptors (Lipinski definition) is 4. The molecule has 1 aliphatic rings. The predicted molar refractivity (Wildman–Crippen MR) is 106 cm³/mol. The lowest BCUT2D eigenvalue weighted by atomic mass is 9.93. The Balaban J connectivity index is 1.93. The lowest BCUT2D eigenvalue weighted by molar-refractivity contribution is -0.127. The Labute approximate surface area is 160 Å². The fourth-order valence-corrected chi connectivity index (χ4v) is 4.08. The molecule has 0 saturated heterocycles. The Morgan fingerprint density at radius 3 is 2.44 bits per heavy atom. The first-order chi connectivity index (χ1) is 12.5. The highest BCUT2D eigenvalue weighted by Crippen LogP contribution is 2.37. The number of hydrogen-bond donors (Lipinski definition) is 1. The number of benzene rings is 2. The van der Waals surface area contributed by atoms with Gasteiger partial charge in [-0.25, -0.2) is 8.42 Å². The van der Waals surface area contributed by atoms with Gasteiger partial charge in [-0.2, -0.15) is 0 Å². The number of amides is 1. The molecule has 3 rings (SSSR count). The molecule has 1 N–H and O–H groups in total. The van der Waals surface area contributed by atoms with E-state index < -0.39 is 15.4 Å². The summed E-state index contributed by atoms with van der Waals surface area (Å²) in [4.78, 5) is 14.3. The van der Waals surface area contributed by atoms with E-state index in [0.717, 1.165) is 11.1 Å². The lowest BCUT2D eigenvalue weighted by Gasteiger charge is -2.24. The molecule has 0 aromatic heterocycles. The number of carbonyl (C=O) groups is 1. The molecular weight excluding hydrogens is 364 g/mol. The third-order valence-electron chi connectivity index (χ3n) is 4.83. The monoisotopic (exact) mass is 388 g/mol. The third-order valence-corrected chi connectivity index (χ3v) is 6.21. The van der Waals surface area contributed by atoms with Gasteiger partial charge >= 0.3 is 0 Å². The van der Waals surface area contributed by atoms with E-state index in [1.807, 2.05) is 27.7 Å². The van der Waals surface area contributed by atoms with Gasteiger partial charge in [-0.05, 0) is 63.1 Å². The summed E-state index contributed by atoms with van der Waals surface area (Å²) in [6.45, 7) is 7.67. The van der Waals surface area contributed by atoms with Gasteiger partial charge in [-0.15, -0.1) is 0 Å². The van der Waals surface area contributed by atoms with Crippen molar-refractivity contribution in [2.75, 3.05) is 23.3 Å². The topological polar surface area (TPSA) is 75.7 Å². The highest BCUT2D eigenvalue weighted by molar-refractivity contribution is 7.92. The van der Waals surface area contributed by atoms with Gasteiger partial charge in [0, 0.05) is 13.1 Å². The zero-order valence-electron chi connectivity index (χ0n) is 16.2. The number of anilines is 2. The SMILES string of the molecule is Cc1ccc(S(=O)(=O)Nc2ccc3c(c2)OCC(C)(C)C(=O)N3C)cc1C. The minimum absolute atomic E-state index is 0.0512. The van der Waals surface area contributed by atoms with E-state index in [4.69, 9.17) is 4.74 Å². The first-order valence-electron chi connectivity index (χ1n) is 8.66. The number of ether oxygens (including phenoxy) is 1. The fraction of sp³-hybridized carbons (Fsp3) is 0.350. The molecule has 0 fully saturated rings. The third kappa shape index (κ3) is 3.64. The standard InChI is InChI=1S/C20H24N2O4S/c1-13-6-8-16(10-14(13)2)27(24,25)21-15-7-9-17-18(11-15)26-12-20(3,4)19(23)22(17)5/h6-11,21H,12H2,1-5H3. The van der Waals surface area contributed by atoms with Crippen LogP contribution in [0.5, 0.6) is 5.75 Å². The summed E-state index contributed by atoms with van der Waals surface area (Å²) in [5.41, 5.74) is 2.27. The maximum absolute atomic E-state index is 12.7. The molecule has 0 atom stereocenters. The quantitative estimate of drug-likeness (QED) is 0.873. The van der Waals surface area contributed by atoms with Crippen molar-refractivity contribution in [2.45, 2.75) is 32.6 Å². The summed E-state index contributed by atoms with van der Waals surface area (Å²) < 4.78 is 33.8. The molecule has 2 aromatic carbocycles. The Morgan fingerprint density at radius 1 is 1.07 bits per heavy atom. The minimum atomic E-state index is -3.72. The molecule has 1 heterocycles. The molecule has 0 saturated carbocycles. The smallest absolute Gasteiger partial charge is 0.261 e. The second kappa shape index (κ2) is 6.56. The lowest BCUT2D eigenvalue weighted by Crippen LogP contribution is -2.39. The molecular formula is C20H24N2O4S. The number of aryl methyl sites for hydroxylation is 2. The first-order valence-corrected chi connectivity index (χ1v) is 10.1.